The summed E-state index contributed by atoms with van der Waals surface area (Å²) in [6.07, 6.45) is 0.724. The summed E-state index contributed by atoms with van der Waals surface area (Å²) in [5.41, 5.74) is 2.28. The third kappa shape index (κ3) is 4.27. The van der Waals surface area contributed by atoms with Crippen molar-refractivity contribution in [2.45, 2.75) is 25.9 Å². The number of hydrogen-bond donors (Lipinski definition) is 1. The SMILES string of the molecule is Cc1cccc(CNC(=O)N2CCN(C3CCS(=O)(=O)C3)CC2)c1. The van der Waals surface area contributed by atoms with Crippen LogP contribution in [0, 0.1) is 6.92 Å². The first-order valence-electron chi connectivity index (χ1n) is 8.46. The molecule has 0 spiro atoms. The van der Waals surface area contributed by atoms with Crippen LogP contribution in [0.4, 0.5) is 4.79 Å². The number of sulfone groups is 1. The lowest BCUT2D eigenvalue weighted by Crippen LogP contribution is -2.54. The maximum Gasteiger partial charge on any atom is 0.317 e. The van der Waals surface area contributed by atoms with Crippen LogP contribution in [0.5, 0.6) is 0 Å². The normalized spacial score (nSPS) is 24.0. The van der Waals surface area contributed by atoms with E-state index in [0.29, 0.717) is 25.4 Å². The Morgan fingerprint density at radius 3 is 2.62 bits per heavy atom. The van der Waals surface area contributed by atoms with Gasteiger partial charge in [0.15, 0.2) is 9.84 Å². The van der Waals surface area contributed by atoms with Gasteiger partial charge < -0.3 is 10.2 Å². The van der Waals surface area contributed by atoms with E-state index in [1.54, 1.807) is 0 Å². The van der Waals surface area contributed by atoms with Crippen LogP contribution in [0.2, 0.25) is 0 Å². The van der Waals surface area contributed by atoms with Crippen molar-refractivity contribution in [1.29, 1.82) is 0 Å². The molecule has 2 fully saturated rings. The topological polar surface area (TPSA) is 69.7 Å². The zero-order valence-corrected chi connectivity index (χ0v) is 14.9. The summed E-state index contributed by atoms with van der Waals surface area (Å²) in [6.45, 7) is 5.36. The van der Waals surface area contributed by atoms with E-state index in [1.807, 2.05) is 30.0 Å². The molecule has 3 rings (SSSR count). The third-order valence-electron chi connectivity index (χ3n) is 4.85. The molecule has 1 aromatic rings. The van der Waals surface area contributed by atoms with E-state index in [1.165, 1.54) is 5.56 Å². The average Bonchev–Trinajstić information content (AvgIpc) is 2.93. The van der Waals surface area contributed by atoms with E-state index >= 15 is 0 Å². The van der Waals surface area contributed by atoms with E-state index in [-0.39, 0.29) is 17.8 Å². The molecule has 2 aliphatic heterocycles. The van der Waals surface area contributed by atoms with Gasteiger partial charge in [0.2, 0.25) is 0 Å². The summed E-state index contributed by atoms with van der Waals surface area (Å²) >= 11 is 0. The minimum Gasteiger partial charge on any atom is -0.334 e. The van der Waals surface area contributed by atoms with Gasteiger partial charge in [-0.2, -0.15) is 0 Å². The van der Waals surface area contributed by atoms with Gasteiger partial charge in [0.25, 0.3) is 0 Å². The highest BCUT2D eigenvalue weighted by atomic mass is 32.2. The summed E-state index contributed by atoms with van der Waals surface area (Å²) in [6, 6.07) is 8.19. The molecule has 1 unspecified atom stereocenters. The van der Waals surface area contributed by atoms with Crippen molar-refractivity contribution < 1.29 is 13.2 Å². The Morgan fingerprint density at radius 2 is 2.00 bits per heavy atom. The Hall–Kier alpha value is -1.60. The average molecular weight is 351 g/mol. The molecule has 132 valence electrons. The van der Waals surface area contributed by atoms with Gasteiger partial charge in [-0.1, -0.05) is 29.8 Å². The molecule has 24 heavy (non-hydrogen) atoms. The van der Waals surface area contributed by atoms with Gasteiger partial charge in [-0.15, -0.1) is 0 Å². The fourth-order valence-electron chi connectivity index (χ4n) is 3.47. The zero-order chi connectivity index (χ0) is 17.2. The number of aryl methyl sites for hydroxylation is 1. The summed E-state index contributed by atoms with van der Waals surface area (Å²) in [7, 11) is -2.85. The van der Waals surface area contributed by atoms with Gasteiger partial charge in [-0.3, -0.25) is 4.90 Å². The molecule has 0 saturated carbocycles. The first-order valence-corrected chi connectivity index (χ1v) is 10.3. The van der Waals surface area contributed by atoms with Crippen molar-refractivity contribution in [2.75, 3.05) is 37.7 Å². The fourth-order valence-corrected chi connectivity index (χ4v) is 5.23. The van der Waals surface area contributed by atoms with Crippen molar-refractivity contribution in [3.8, 4) is 0 Å². The molecular formula is C17H25N3O3S. The molecule has 2 saturated heterocycles. The van der Waals surface area contributed by atoms with Crippen LogP contribution in [0.25, 0.3) is 0 Å². The number of nitrogens with zero attached hydrogens (tertiary/aromatic N) is 2. The van der Waals surface area contributed by atoms with Crippen LogP contribution in [0.1, 0.15) is 17.5 Å². The maximum atomic E-state index is 12.3. The molecule has 6 nitrogen and oxygen atoms in total. The lowest BCUT2D eigenvalue weighted by Gasteiger charge is -2.37. The van der Waals surface area contributed by atoms with Crippen molar-refractivity contribution in [1.82, 2.24) is 15.1 Å². The highest BCUT2D eigenvalue weighted by Crippen LogP contribution is 2.19. The maximum absolute atomic E-state index is 12.3. The highest BCUT2D eigenvalue weighted by molar-refractivity contribution is 7.91. The number of amides is 2. The van der Waals surface area contributed by atoms with Gasteiger partial charge in [0, 0.05) is 38.8 Å². The molecule has 2 aliphatic rings. The second kappa shape index (κ2) is 7.11. The lowest BCUT2D eigenvalue weighted by molar-refractivity contribution is 0.115. The van der Waals surface area contributed by atoms with Gasteiger partial charge in [0.05, 0.1) is 11.5 Å². The number of carbonyl (C=O) groups is 1. The molecule has 0 aliphatic carbocycles. The molecule has 2 amide bonds. The Labute approximate surface area is 143 Å². The third-order valence-corrected chi connectivity index (χ3v) is 6.60. The van der Waals surface area contributed by atoms with Crippen LogP contribution in [-0.2, 0) is 16.4 Å². The number of piperazine rings is 1. The zero-order valence-electron chi connectivity index (χ0n) is 14.1. The Balaban J connectivity index is 1.45. The molecule has 0 radical (unpaired) electrons. The minimum atomic E-state index is -2.85. The predicted molar refractivity (Wildman–Crippen MR) is 93.6 cm³/mol. The molecule has 1 aromatic carbocycles. The van der Waals surface area contributed by atoms with Gasteiger partial charge in [-0.25, -0.2) is 13.2 Å². The van der Waals surface area contributed by atoms with Crippen LogP contribution in [-0.4, -0.2) is 68.0 Å². The monoisotopic (exact) mass is 351 g/mol. The van der Waals surface area contributed by atoms with Gasteiger partial charge in [-0.05, 0) is 18.9 Å². The van der Waals surface area contributed by atoms with Crippen molar-refractivity contribution in [3.05, 3.63) is 35.4 Å². The van der Waals surface area contributed by atoms with Crippen LogP contribution >= 0.6 is 0 Å². The molecular weight excluding hydrogens is 326 g/mol. The number of carbonyl (C=O) groups excluding carboxylic acids is 1. The molecule has 7 heteroatoms. The quantitative estimate of drug-likeness (QED) is 0.882. The highest BCUT2D eigenvalue weighted by Gasteiger charge is 2.34. The summed E-state index contributed by atoms with van der Waals surface area (Å²) in [4.78, 5) is 16.3. The van der Waals surface area contributed by atoms with Crippen molar-refractivity contribution >= 4 is 15.9 Å². The van der Waals surface area contributed by atoms with Crippen molar-refractivity contribution in [3.63, 3.8) is 0 Å². The van der Waals surface area contributed by atoms with Crippen LogP contribution in [0.3, 0.4) is 0 Å². The molecule has 1 N–H and O–H groups in total. The number of hydrogen-bond acceptors (Lipinski definition) is 4. The summed E-state index contributed by atoms with van der Waals surface area (Å²) in [5, 5.41) is 2.97. The number of benzene rings is 1. The molecule has 2 heterocycles. The lowest BCUT2D eigenvalue weighted by atomic mass is 10.1. The smallest absolute Gasteiger partial charge is 0.317 e. The second-order valence-corrected chi connectivity index (χ2v) is 8.96. The van der Waals surface area contributed by atoms with Gasteiger partial charge >= 0.3 is 6.03 Å². The second-order valence-electron chi connectivity index (χ2n) is 6.73. The number of rotatable bonds is 3. The number of urea groups is 1. The largest absolute Gasteiger partial charge is 0.334 e. The first kappa shape index (κ1) is 17.2. The van der Waals surface area contributed by atoms with Gasteiger partial charge in [0.1, 0.15) is 0 Å². The van der Waals surface area contributed by atoms with Crippen LogP contribution in [0.15, 0.2) is 24.3 Å². The van der Waals surface area contributed by atoms with E-state index in [0.717, 1.165) is 25.1 Å². The van der Waals surface area contributed by atoms with Crippen molar-refractivity contribution in [2.24, 2.45) is 0 Å². The number of nitrogens with one attached hydrogen (secondary N) is 1. The Morgan fingerprint density at radius 1 is 1.25 bits per heavy atom. The van der Waals surface area contributed by atoms with E-state index in [9.17, 15) is 13.2 Å². The summed E-state index contributed by atoms with van der Waals surface area (Å²) in [5.74, 6) is 0.571. The standard InChI is InChI=1S/C17H25N3O3S/c1-14-3-2-4-15(11-14)12-18-17(21)20-8-6-19(7-9-20)16-5-10-24(22,23)13-16/h2-4,11,16H,5-10,12-13H2,1H3,(H,18,21). The first-order chi connectivity index (χ1) is 11.4. The minimum absolute atomic E-state index is 0.0461. The molecule has 0 bridgehead atoms. The van der Waals surface area contributed by atoms with E-state index in [2.05, 4.69) is 16.3 Å². The fraction of sp³-hybridized carbons (Fsp3) is 0.588. The van der Waals surface area contributed by atoms with E-state index in [4.69, 9.17) is 0 Å². The summed E-state index contributed by atoms with van der Waals surface area (Å²) < 4.78 is 23.2. The van der Waals surface area contributed by atoms with Crippen LogP contribution < -0.4 is 5.32 Å². The predicted octanol–water partition coefficient (Wildman–Crippen LogP) is 1.01. The van der Waals surface area contributed by atoms with E-state index < -0.39 is 9.84 Å². The molecule has 0 aromatic heterocycles. The Kier molecular flexibility index (Phi) is 5.10. The molecule has 1 atom stereocenters. The Bertz CT molecular complexity index is 697.